The highest BCUT2D eigenvalue weighted by Crippen LogP contribution is 2.28. The molecule has 1 amide bonds. The number of hydrogen-bond donors (Lipinski definition) is 1. The molecule has 11 heteroatoms. The third kappa shape index (κ3) is 5.47. The maximum atomic E-state index is 12.1. The molecule has 0 bridgehead atoms. The number of amides is 1. The first-order valence-corrected chi connectivity index (χ1v) is 9.67. The van der Waals surface area contributed by atoms with E-state index < -0.39 is 4.92 Å². The van der Waals surface area contributed by atoms with Crippen LogP contribution in [-0.2, 0) is 11.2 Å². The molecule has 30 heavy (non-hydrogen) atoms. The first kappa shape index (κ1) is 21.1. The van der Waals surface area contributed by atoms with E-state index in [9.17, 15) is 14.9 Å². The monoisotopic (exact) mass is 430 g/mol. The van der Waals surface area contributed by atoms with Gasteiger partial charge in [0.2, 0.25) is 11.8 Å². The minimum Gasteiger partial charge on any atom is -0.493 e. The van der Waals surface area contributed by atoms with E-state index in [0.29, 0.717) is 29.5 Å². The molecule has 0 fully saturated rings. The molecular weight excluding hydrogens is 412 g/mol. The highest BCUT2D eigenvalue weighted by atomic mass is 32.2. The van der Waals surface area contributed by atoms with Gasteiger partial charge in [-0.05, 0) is 23.8 Å². The minimum atomic E-state index is -0.525. The molecule has 0 atom stereocenters. The summed E-state index contributed by atoms with van der Waals surface area (Å²) in [6, 6.07) is 11.2. The number of nitro benzene ring substituents is 1. The zero-order valence-electron chi connectivity index (χ0n) is 16.2. The smallest absolute Gasteiger partial charge is 0.277 e. The lowest BCUT2D eigenvalue weighted by Gasteiger charge is -2.08. The van der Waals surface area contributed by atoms with Crippen molar-refractivity contribution in [1.82, 2.24) is 10.2 Å². The van der Waals surface area contributed by atoms with E-state index >= 15 is 0 Å². The van der Waals surface area contributed by atoms with Crippen LogP contribution >= 0.6 is 11.8 Å². The quantitative estimate of drug-likeness (QED) is 0.309. The molecule has 0 aliphatic heterocycles. The van der Waals surface area contributed by atoms with E-state index in [0.717, 1.165) is 17.3 Å². The number of carbonyl (C=O) groups is 1. The summed E-state index contributed by atoms with van der Waals surface area (Å²) < 4.78 is 16.1. The van der Waals surface area contributed by atoms with Crippen molar-refractivity contribution in [3.8, 4) is 11.5 Å². The van der Waals surface area contributed by atoms with Crippen molar-refractivity contribution < 1.29 is 23.6 Å². The Bertz CT molecular complexity index is 1060. The number of methoxy groups -OCH3 is 2. The number of anilines is 1. The summed E-state index contributed by atoms with van der Waals surface area (Å²) in [6.07, 6.45) is 0.397. The van der Waals surface area contributed by atoms with Gasteiger partial charge in [-0.15, -0.1) is 10.2 Å². The van der Waals surface area contributed by atoms with Gasteiger partial charge in [-0.25, -0.2) is 0 Å². The van der Waals surface area contributed by atoms with Gasteiger partial charge in [0.05, 0.1) is 31.3 Å². The van der Waals surface area contributed by atoms with Gasteiger partial charge in [-0.1, -0.05) is 23.9 Å². The lowest BCUT2D eigenvalue weighted by atomic mass is 10.1. The number of thioether (sulfide) groups is 1. The van der Waals surface area contributed by atoms with E-state index in [1.807, 2.05) is 12.1 Å². The summed E-state index contributed by atoms with van der Waals surface area (Å²) in [7, 11) is 3.12. The van der Waals surface area contributed by atoms with E-state index in [1.165, 1.54) is 18.2 Å². The topological polar surface area (TPSA) is 130 Å². The molecule has 0 spiro atoms. The lowest BCUT2D eigenvalue weighted by molar-refractivity contribution is -0.384. The standard InChI is InChI=1S/C19H18N4O6S/c1-27-15-7-6-12(8-16(15)28-2)9-18-21-22-19(29-18)30-11-17(24)20-13-4-3-5-14(10-13)23(25)26/h3-8,10H,9,11H2,1-2H3,(H,20,24). The fourth-order valence-corrected chi connectivity index (χ4v) is 3.14. The summed E-state index contributed by atoms with van der Waals surface area (Å²) in [4.78, 5) is 22.4. The fraction of sp³-hybridized carbons (Fsp3) is 0.211. The van der Waals surface area contributed by atoms with Gasteiger partial charge in [0.25, 0.3) is 10.9 Å². The van der Waals surface area contributed by atoms with Crippen LogP contribution in [0.15, 0.2) is 52.1 Å². The number of ether oxygens (including phenoxy) is 2. The molecule has 156 valence electrons. The number of rotatable bonds is 9. The number of nitrogens with one attached hydrogen (secondary N) is 1. The zero-order valence-corrected chi connectivity index (χ0v) is 17.0. The van der Waals surface area contributed by atoms with Crippen LogP contribution in [0.3, 0.4) is 0 Å². The van der Waals surface area contributed by atoms with Gasteiger partial charge in [0.1, 0.15) is 0 Å². The lowest BCUT2D eigenvalue weighted by Crippen LogP contribution is -2.14. The van der Waals surface area contributed by atoms with Crippen molar-refractivity contribution in [3.05, 3.63) is 64.0 Å². The highest BCUT2D eigenvalue weighted by molar-refractivity contribution is 7.99. The Morgan fingerprint density at radius 3 is 2.70 bits per heavy atom. The number of benzene rings is 2. The second kappa shape index (κ2) is 9.74. The third-order valence-corrected chi connectivity index (χ3v) is 4.74. The molecule has 0 unspecified atom stereocenters. The summed E-state index contributed by atoms with van der Waals surface area (Å²) in [5.41, 5.74) is 1.14. The van der Waals surface area contributed by atoms with Crippen LogP contribution in [0.2, 0.25) is 0 Å². The van der Waals surface area contributed by atoms with E-state index in [1.54, 1.807) is 26.4 Å². The van der Waals surface area contributed by atoms with Crippen LogP contribution in [0.25, 0.3) is 0 Å². The second-order valence-corrected chi connectivity index (χ2v) is 6.90. The van der Waals surface area contributed by atoms with Crippen LogP contribution < -0.4 is 14.8 Å². The normalized spacial score (nSPS) is 10.5. The Morgan fingerprint density at radius 1 is 1.17 bits per heavy atom. The van der Waals surface area contributed by atoms with Gasteiger partial charge in [0.15, 0.2) is 11.5 Å². The molecule has 10 nitrogen and oxygen atoms in total. The van der Waals surface area contributed by atoms with Crippen LogP contribution in [0.1, 0.15) is 11.5 Å². The SMILES string of the molecule is COc1ccc(Cc2nnc(SCC(=O)Nc3cccc([N+](=O)[O-])c3)o2)cc1OC. The van der Waals surface area contributed by atoms with Gasteiger partial charge in [-0.2, -0.15) is 0 Å². The maximum Gasteiger partial charge on any atom is 0.277 e. The number of nitro groups is 1. The molecule has 0 saturated heterocycles. The van der Waals surface area contributed by atoms with Gasteiger partial charge in [0, 0.05) is 17.8 Å². The summed E-state index contributed by atoms with van der Waals surface area (Å²) >= 11 is 1.07. The van der Waals surface area contributed by atoms with Crippen LogP contribution in [0.4, 0.5) is 11.4 Å². The molecule has 1 heterocycles. The van der Waals surface area contributed by atoms with Gasteiger partial charge < -0.3 is 19.2 Å². The maximum absolute atomic E-state index is 12.1. The molecule has 0 aliphatic carbocycles. The molecule has 0 aliphatic rings. The Balaban J connectivity index is 1.55. The third-order valence-electron chi connectivity index (χ3n) is 3.92. The van der Waals surface area contributed by atoms with Gasteiger partial charge >= 0.3 is 0 Å². The van der Waals surface area contributed by atoms with E-state index in [-0.39, 0.29) is 22.6 Å². The molecule has 3 aromatic rings. The predicted octanol–water partition coefficient (Wildman–Crippen LogP) is 3.32. The molecule has 2 aromatic carbocycles. The number of hydrogen-bond acceptors (Lipinski definition) is 9. The average molecular weight is 430 g/mol. The minimum absolute atomic E-state index is 0.0146. The fourth-order valence-electron chi connectivity index (χ4n) is 2.55. The van der Waals surface area contributed by atoms with Gasteiger partial charge in [-0.3, -0.25) is 14.9 Å². The predicted molar refractivity (Wildman–Crippen MR) is 109 cm³/mol. The first-order valence-electron chi connectivity index (χ1n) is 8.69. The van der Waals surface area contributed by atoms with Crippen molar-refractivity contribution in [2.45, 2.75) is 11.6 Å². The highest BCUT2D eigenvalue weighted by Gasteiger charge is 2.13. The molecule has 0 radical (unpaired) electrons. The van der Waals surface area contributed by atoms with Crippen LogP contribution in [0.5, 0.6) is 11.5 Å². The average Bonchev–Trinajstić information content (AvgIpc) is 3.19. The number of non-ortho nitro benzene ring substituents is 1. The Labute approximate surface area is 175 Å². The Hall–Kier alpha value is -3.60. The van der Waals surface area contributed by atoms with Crippen LogP contribution in [0, 0.1) is 10.1 Å². The zero-order chi connectivity index (χ0) is 21.5. The van der Waals surface area contributed by atoms with E-state index in [4.69, 9.17) is 13.9 Å². The number of carbonyl (C=O) groups excluding carboxylic acids is 1. The molecule has 1 N–H and O–H groups in total. The molecule has 1 aromatic heterocycles. The number of aromatic nitrogens is 2. The second-order valence-electron chi connectivity index (χ2n) is 5.97. The summed E-state index contributed by atoms with van der Waals surface area (Å²) in [6.45, 7) is 0. The van der Waals surface area contributed by atoms with Crippen LogP contribution in [-0.4, -0.2) is 41.0 Å². The summed E-state index contributed by atoms with van der Waals surface area (Å²) in [5.74, 6) is 1.28. The van der Waals surface area contributed by atoms with Crippen molar-refractivity contribution >= 4 is 29.0 Å². The van der Waals surface area contributed by atoms with E-state index in [2.05, 4.69) is 15.5 Å². The first-order chi connectivity index (χ1) is 14.5. The van der Waals surface area contributed by atoms with Crippen molar-refractivity contribution in [3.63, 3.8) is 0 Å². The van der Waals surface area contributed by atoms with Crippen molar-refractivity contribution in [2.24, 2.45) is 0 Å². The molecular formula is C19H18N4O6S. The number of nitrogens with zero attached hydrogens (tertiary/aromatic N) is 3. The Morgan fingerprint density at radius 2 is 1.97 bits per heavy atom. The molecule has 0 saturated carbocycles. The summed E-state index contributed by atoms with van der Waals surface area (Å²) in [5, 5.41) is 21.6. The Kier molecular flexibility index (Phi) is 6.86. The largest absolute Gasteiger partial charge is 0.493 e. The van der Waals surface area contributed by atoms with Crippen molar-refractivity contribution in [1.29, 1.82) is 0 Å². The van der Waals surface area contributed by atoms with Crippen molar-refractivity contribution in [2.75, 3.05) is 25.3 Å². The molecule has 3 rings (SSSR count).